The van der Waals surface area contributed by atoms with E-state index >= 15 is 0 Å². The van der Waals surface area contributed by atoms with Gasteiger partial charge in [-0.3, -0.25) is 9.59 Å². The normalized spacial score (nSPS) is 11.4. The molecular weight excluding hydrogens is 296 g/mol. The first-order valence-corrected chi connectivity index (χ1v) is 7.05. The zero-order valence-corrected chi connectivity index (χ0v) is 12.7. The Morgan fingerprint density at radius 2 is 1.87 bits per heavy atom. The van der Waals surface area contributed by atoms with Crippen LogP contribution in [0.3, 0.4) is 0 Å². The highest BCUT2D eigenvalue weighted by Gasteiger charge is 2.20. The van der Waals surface area contributed by atoms with Crippen LogP contribution in [0.5, 0.6) is 5.75 Å². The molecule has 2 aromatic rings. The van der Waals surface area contributed by atoms with E-state index in [1.165, 1.54) is 7.11 Å². The Kier molecular flexibility index (Phi) is 5.71. The van der Waals surface area contributed by atoms with Gasteiger partial charge in [0.1, 0.15) is 11.8 Å². The molecule has 0 fully saturated rings. The van der Waals surface area contributed by atoms with E-state index in [0.29, 0.717) is 17.0 Å². The largest absolute Gasteiger partial charge is 0.497 e. The summed E-state index contributed by atoms with van der Waals surface area (Å²) in [5.74, 6) is -0.341. The molecule has 1 unspecified atom stereocenters. The van der Waals surface area contributed by atoms with Gasteiger partial charge in [0.15, 0.2) is 0 Å². The van der Waals surface area contributed by atoms with E-state index in [1.807, 2.05) is 0 Å². The lowest BCUT2D eigenvalue weighted by atomic mass is 10.2. The molecule has 0 saturated carbocycles. The molecule has 23 heavy (non-hydrogen) atoms. The third-order valence-electron chi connectivity index (χ3n) is 3.18. The molecular formula is C17H18N2O4. The summed E-state index contributed by atoms with van der Waals surface area (Å²) in [4.78, 5) is 24.2. The van der Waals surface area contributed by atoms with Gasteiger partial charge in [0.05, 0.1) is 13.7 Å². The second kappa shape index (κ2) is 7.95. The lowest BCUT2D eigenvalue weighted by Crippen LogP contribution is -2.46. The third-order valence-corrected chi connectivity index (χ3v) is 3.18. The topological polar surface area (TPSA) is 87.7 Å². The molecule has 0 heterocycles. The zero-order chi connectivity index (χ0) is 16.7. The molecule has 2 amide bonds. The van der Waals surface area contributed by atoms with Crippen LogP contribution in [0.15, 0.2) is 54.6 Å². The Labute approximate surface area is 134 Å². The predicted molar refractivity (Wildman–Crippen MR) is 86.4 cm³/mol. The molecule has 0 aliphatic rings. The van der Waals surface area contributed by atoms with E-state index in [4.69, 9.17) is 4.74 Å². The maximum absolute atomic E-state index is 12.2. The Morgan fingerprint density at radius 1 is 1.13 bits per heavy atom. The van der Waals surface area contributed by atoms with Crippen LogP contribution < -0.4 is 15.4 Å². The minimum Gasteiger partial charge on any atom is -0.497 e. The number of anilines is 1. The molecule has 6 nitrogen and oxygen atoms in total. The van der Waals surface area contributed by atoms with Gasteiger partial charge in [0, 0.05) is 17.3 Å². The highest BCUT2D eigenvalue weighted by atomic mass is 16.5. The van der Waals surface area contributed by atoms with E-state index in [-0.39, 0.29) is 0 Å². The van der Waals surface area contributed by atoms with Crippen LogP contribution in [0.1, 0.15) is 10.4 Å². The van der Waals surface area contributed by atoms with Crippen LogP contribution in [0, 0.1) is 0 Å². The minimum atomic E-state index is -1.05. The second-order valence-electron chi connectivity index (χ2n) is 4.80. The quantitative estimate of drug-likeness (QED) is 0.752. The second-order valence-corrected chi connectivity index (χ2v) is 4.80. The van der Waals surface area contributed by atoms with Crippen LogP contribution in [-0.2, 0) is 4.79 Å². The average molecular weight is 314 g/mol. The zero-order valence-electron chi connectivity index (χ0n) is 12.7. The van der Waals surface area contributed by atoms with Crippen LogP contribution in [-0.4, -0.2) is 36.7 Å². The molecule has 0 aromatic heterocycles. The van der Waals surface area contributed by atoms with Crippen molar-refractivity contribution >= 4 is 17.5 Å². The van der Waals surface area contributed by atoms with Crippen LogP contribution in [0.25, 0.3) is 0 Å². The van der Waals surface area contributed by atoms with E-state index in [0.717, 1.165) is 0 Å². The van der Waals surface area contributed by atoms with Gasteiger partial charge in [0.2, 0.25) is 5.91 Å². The number of hydrogen-bond donors (Lipinski definition) is 3. The number of carbonyl (C=O) groups is 2. The lowest BCUT2D eigenvalue weighted by molar-refractivity contribution is -0.118. The summed E-state index contributed by atoms with van der Waals surface area (Å²) in [7, 11) is 1.53. The van der Waals surface area contributed by atoms with Crippen LogP contribution in [0.4, 0.5) is 5.69 Å². The van der Waals surface area contributed by atoms with E-state index in [9.17, 15) is 14.7 Å². The van der Waals surface area contributed by atoms with Crippen molar-refractivity contribution in [1.82, 2.24) is 5.32 Å². The number of methoxy groups -OCH3 is 1. The Morgan fingerprint density at radius 3 is 2.52 bits per heavy atom. The smallest absolute Gasteiger partial charge is 0.251 e. The highest BCUT2D eigenvalue weighted by molar-refractivity contribution is 6.01. The van der Waals surface area contributed by atoms with Crippen molar-refractivity contribution in [2.24, 2.45) is 0 Å². The summed E-state index contributed by atoms with van der Waals surface area (Å²) in [6.07, 6.45) is 0. The van der Waals surface area contributed by atoms with Gasteiger partial charge in [-0.15, -0.1) is 0 Å². The van der Waals surface area contributed by atoms with Crippen LogP contribution >= 0.6 is 0 Å². The first kappa shape index (κ1) is 16.5. The number of aliphatic hydroxyl groups is 1. The number of hydrogen-bond acceptors (Lipinski definition) is 4. The van der Waals surface area contributed by atoms with Crippen molar-refractivity contribution in [3.63, 3.8) is 0 Å². The number of benzene rings is 2. The summed E-state index contributed by atoms with van der Waals surface area (Å²) in [6.45, 7) is -0.506. The summed E-state index contributed by atoms with van der Waals surface area (Å²) in [5, 5.41) is 14.5. The first-order chi connectivity index (χ1) is 11.1. The average Bonchev–Trinajstić information content (AvgIpc) is 2.60. The fourth-order valence-electron chi connectivity index (χ4n) is 1.96. The fourth-order valence-corrected chi connectivity index (χ4v) is 1.96. The van der Waals surface area contributed by atoms with Gasteiger partial charge in [-0.05, 0) is 24.3 Å². The van der Waals surface area contributed by atoms with Crippen molar-refractivity contribution < 1.29 is 19.4 Å². The molecule has 6 heteroatoms. The molecule has 1 atom stereocenters. The Balaban J connectivity index is 2.02. The third kappa shape index (κ3) is 4.55. The Hall–Kier alpha value is -2.86. The van der Waals surface area contributed by atoms with Gasteiger partial charge in [-0.1, -0.05) is 24.3 Å². The molecule has 2 aromatic carbocycles. The standard InChI is InChI=1S/C17H18N2O4/c1-23-14-9-5-8-13(10-14)18-17(22)15(11-20)19-16(21)12-6-3-2-4-7-12/h2-10,15,20H,11H2,1H3,(H,18,22)(H,19,21). The van der Waals surface area contributed by atoms with Gasteiger partial charge in [0.25, 0.3) is 5.91 Å². The number of amides is 2. The van der Waals surface area contributed by atoms with E-state index in [1.54, 1.807) is 54.6 Å². The summed E-state index contributed by atoms with van der Waals surface area (Å²) >= 11 is 0. The van der Waals surface area contributed by atoms with Crippen molar-refractivity contribution in [3.8, 4) is 5.75 Å². The number of rotatable bonds is 6. The first-order valence-electron chi connectivity index (χ1n) is 7.05. The summed E-state index contributed by atoms with van der Waals surface area (Å²) in [5.41, 5.74) is 0.932. The molecule has 0 aliphatic heterocycles. The summed E-state index contributed by atoms with van der Waals surface area (Å²) < 4.78 is 5.08. The molecule has 0 radical (unpaired) electrons. The number of aliphatic hydroxyl groups excluding tert-OH is 1. The van der Waals surface area contributed by atoms with Crippen molar-refractivity contribution in [2.45, 2.75) is 6.04 Å². The molecule has 0 spiro atoms. The summed E-state index contributed by atoms with van der Waals surface area (Å²) in [6, 6.07) is 14.2. The van der Waals surface area contributed by atoms with Gasteiger partial charge in [-0.2, -0.15) is 0 Å². The molecule has 2 rings (SSSR count). The van der Waals surface area contributed by atoms with Gasteiger partial charge >= 0.3 is 0 Å². The SMILES string of the molecule is COc1cccc(NC(=O)C(CO)NC(=O)c2ccccc2)c1. The molecule has 0 saturated heterocycles. The van der Waals surface area contributed by atoms with Crippen molar-refractivity contribution in [2.75, 3.05) is 19.0 Å². The predicted octanol–water partition coefficient (Wildman–Crippen LogP) is 1.42. The van der Waals surface area contributed by atoms with Crippen molar-refractivity contribution in [3.05, 3.63) is 60.2 Å². The molecule has 0 aliphatic carbocycles. The molecule has 0 bridgehead atoms. The number of nitrogens with one attached hydrogen (secondary N) is 2. The van der Waals surface area contributed by atoms with E-state index < -0.39 is 24.5 Å². The number of carbonyl (C=O) groups excluding carboxylic acids is 2. The van der Waals surface area contributed by atoms with Gasteiger partial charge < -0.3 is 20.5 Å². The highest BCUT2D eigenvalue weighted by Crippen LogP contribution is 2.16. The van der Waals surface area contributed by atoms with E-state index in [2.05, 4.69) is 10.6 Å². The number of ether oxygens (including phenoxy) is 1. The molecule has 3 N–H and O–H groups in total. The van der Waals surface area contributed by atoms with Crippen molar-refractivity contribution in [1.29, 1.82) is 0 Å². The van der Waals surface area contributed by atoms with Crippen LogP contribution in [0.2, 0.25) is 0 Å². The lowest BCUT2D eigenvalue weighted by Gasteiger charge is -2.16. The minimum absolute atomic E-state index is 0.417. The maximum Gasteiger partial charge on any atom is 0.251 e. The maximum atomic E-state index is 12.2. The monoisotopic (exact) mass is 314 g/mol. The fraction of sp³-hybridized carbons (Fsp3) is 0.176. The molecule has 120 valence electrons. The Bertz CT molecular complexity index is 673. The van der Waals surface area contributed by atoms with Gasteiger partial charge in [-0.25, -0.2) is 0 Å².